The van der Waals surface area contributed by atoms with Gasteiger partial charge in [0.2, 0.25) is 0 Å². The second-order valence-corrected chi connectivity index (χ2v) is 6.96. The van der Waals surface area contributed by atoms with Crippen LogP contribution in [0.4, 0.5) is 0 Å². The van der Waals surface area contributed by atoms with E-state index in [2.05, 4.69) is 42.4 Å². The zero-order valence-corrected chi connectivity index (χ0v) is 16.7. The molecule has 1 amide bonds. The summed E-state index contributed by atoms with van der Waals surface area (Å²) < 4.78 is 5.96. The fraction of sp³-hybridized carbons (Fsp3) is 0.176. The lowest BCUT2D eigenvalue weighted by Crippen LogP contribution is -2.24. The van der Waals surface area contributed by atoms with Crippen molar-refractivity contribution in [1.82, 2.24) is 5.43 Å². The van der Waals surface area contributed by atoms with Crippen molar-refractivity contribution in [3.05, 3.63) is 49.9 Å². The molecule has 0 aliphatic carbocycles. The molecule has 0 atom stereocenters. The third-order valence-corrected chi connectivity index (χ3v) is 4.64. The first-order chi connectivity index (χ1) is 11.8. The average Bonchev–Trinajstić information content (AvgIpc) is 2.56. The minimum atomic E-state index is -0.437. The smallest absolute Gasteiger partial charge is 0.277 e. The van der Waals surface area contributed by atoms with Gasteiger partial charge in [-0.1, -0.05) is 17.7 Å². The Morgan fingerprint density at radius 1 is 1.24 bits per heavy atom. The molecule has 0 unspecified atom stereocenters. The maximum Gasteiger partial charge on any atom is 0.277 e. The number of nitrogens with one attached hydrogen (secondary N) is 1. The summed E-state index contributed by atoms with van der Waals surface area (Å²) in [4.78, 5) is 11.8. The van der Waals surface area contributed by atoms with Crippen molar-refractivity contribution in [3.63, 3.8) is 0 Å². The number of halogens is 2. The number of carbonyl (C=O) groups is 1. The van der Waals surface area contributed by atoms with E-state index >= 15 is 0 Å². The molecule has 0 heterocycles. The van der Waals surface area contributed by atoms with E-state index in [1.54, 1.807) is 0 Å². The van der Waals surface area contributed by atoms with Gasteiger partial charge in [0.25, 0.3) is 5.91 Å². The molecule has 2 aromatic carbocycles. The Bertz CT molecular complexity index is 838. The summed E-state index contributed by atoms with van der Waals surface area (Å²) in [6, 6.07) is 7.15. The second kappa shape index (κ2) is 8.35. The molecule has 0 aliphatic heterocycles. The molecule has 0 fully saturated rings. The van der Waals surface area contributed by atoms with E-state index in [4.69, 9.17) is 4.74 Å². The molecule has 6 nitrogen and oxygen atoms in total. The van der Waals surface area contributed by atoms with Crippen LogP contribution in [-0.2, 0) is 4.79 Å². The monoisotopic (exact) mass is 470 g/mol. The molecule has 0 saturated heterocycles. The normalized spacial score (nSPS) is 10.9. The van der Waals surface area contributed by atoms with Gasteiger partial charge < -0.3 is 14.9 Å². The van der Waals surface area contributed by atoms with Crippen LogP contribution < -0.4 is 10.2 Å². The van der Waals surface area contributed by atoms with E-state index in [9.17, 15) is 15.0 Å². The molecule has 25 heavy (non-hydrogen) atoms. The number of rotatable bonds is 5. The van der Waals surface area contributed by atoms with Crippen molar-refractivity contribution in [1.29, 1.82) is 0 Å². The second-order valence-electron chi connectivity index (χ2n) is 5.31. The molecular formula is C17H16Br2N2O4. The van der Waals surface area contributed by atoms with Crippen molar-refractivity contribution < 1.29 is 19.7 Å². The zero-order chi connectivity index (χ0) is 18.6. The molecule has 0 bridgehead atoms. The summed E-state index contributed by atoms with van der Waals surface area (Å²) in [6.07, 6.45) is 1.26. The number of ether oxygens (including phenoxy) is 1. The zero-order valence-electron chi connectivity index (χ0n) is 13.5. The van der Waals surface area contributed by atoms with Gasteiger partial charge in [-0.25, -0.2) is 5.43 Å². The van der Waals surface area contributed by atoms with Gasteiger partial charge >= 0.3 is 0 Å². The number of amides is 1. The SMILES string of the molecule is Cc1ccc(OCC(=O)N/N=C\c2cc(Br)c(O)c(Br)c2O)c(C)c1. The molecule has 2 rings (SSSR count). The Balaban J connectivity index is 1.95. The molecular weight excluding hydrogens is 456 g/mol. The van der Waals surface area contributed by atoms with Crippen LogP contribution in [0.5, 0.6) is 17.2 Å². The lowest BCUT2D eigenvalue weighted by Gasteiger charge is -2.09. The first-order valence-electron chi connectivity index (χ1n) is 7.21. The van der Waals surface area contributed by atoms with Crippen molar-refractivity contribution in [2.75, 3.05) is 6.61 Å². The highest BCUT2D eigenvalue weighted by Gasteiger charge is 2.13. The third-order valence-electron chi connectivity index (χ3n) is 3.28. The molecule has 0 spiro atoms. The van der Waals surface area contributed by atoms with Gasteiger partial charge in [0.05, 0.1) is 10.7 Å². The van der Waals surface area contributed by atoms with E-state index in [0.717, 1.165) is 11.1 Å². The number of nitrogens with zero attached hydrogens (tertiary/aromatic N) is 1. The number of hydrogen-bond donors (Lipinski definition) is 3. The molecule has 0 radical (unpaired) electrons. The number of carbonyl (C=O) groups excluding carboxylic acids is 1. The van der Waals surface area contributed by atoms with E-state index in [1.165, 1.54) is 12.3 Å². The number of aryl methyl sites for hydroxylation is 2. The molecule has 8 heteroatoms. The van der Waals surface area contributed by atoms with Crippen LogP contribution in [0.2, 0.25) is 0 Å². The molecule has 2 aromatic rings. The highest BCUT2D eigenvalue weighted by Crippen LogP contribution is 2.40. The van der Waals surface area contributed by atoms with Gasteiger partial charge in [-0.2, -0.15) is 5.10 Å². The molecule has 3 N–H and O–H groups in total. The lowest BCUT2D eigenvalue weighted by molar-refractivity contribution is -0.123. The predicted molar refractivity (Wildman–Crippen MR) is 102 cm³/mol. The molecule has 0 saturated carbocycles. The number of hydrazone groups is 1. The van der Waals surface area contributed by atoms with Gasteiger partial charge in [-0.15, -0.1) is 0 Å². The van der Waals surface area contributed by atoms with Crippen molar-refractivity contribution in [2.24, 2.45) is 5.10 Å². The average molecular weight is 472 g/mol. The van der Waals surface area contributed by atoms with Crippen LogP contribution >= 0.6 is 31.9 Å². The van der Waals surface area contributed by atoms with Crippen LogP contribution in [-0.4, -0.2) is 28.9 Å². The maximum atomic E-state index is 11.8. The molecule has 132 valence electrons. The summed E-state index contributed by atoms with van der Waals surface area (Å²) in [5.41, 5.74) is 4.69. The summed E-state index contributed by atoms with van der Waals surface area (Å²) in [7, 11) is 0. The molecule has 0 aromatic heterocycles. The van der Waals surface area contributed by atoms with Crippen molar-refractivity contribution in [3.8, 4) is 17.2 Å². The van der Waals surface area contributed by atoms with E-state index in [0.29, 0.717) is 15.8 Å². The Labute approximate surface area is 161 Å². The number of hydrogen-bond acceptors (Lipinski definition) is 5. The van der Waals surface area contributed by atoms with Gasteiger partial charge in [0.15, 0.2) is 6.61 Å². The van der Waals surface area contributed by atoms with E-state index < -0.39 is 5.91 Å². The summed E-state index contributed by atoms with van der Waals surface area (Å²) >= 11 is 6.22. The highest BCUT2D eigenvalue weighted by atomic mass is 79.9. The Morgan fingerprint density at radius 3 is 2.64 bits per heavy atom. The van der Waals surface area contributed by atoms with Gasteiger partial charge in [0.1, 0.15) is 21.7 Å². The van der Waals surface area contributed by atoms with Gasteiger partial charge in [-0.3, -0.25) is 4.79 Å². The number of phenolic OH excluding ortho intramolecular Hbond substituents is 2. The maximum absolute atomic E-state index is 11.8. The first kappa shape index (κ1) is 19.3. The van der Waals surface area contributed by atoms with Crippen LogP contribution in [0.3, 0.4) is 0 Å². The van der Waals surface area contributed by atoms with Crippen molar-refractivity contribution >= 4 is 44.0 Å². The Kier molecular flexibility index (Phi) is 6.44. The minimum Gasteiger partial charge on any atom is -0.506 e. The summed E-state index contributed by atoms with van der Waals surface area (Å²) in [5, 5.41) is 23.4. The lowest BCUT2D eigenvalue weighted by atomic mass is 10.1. The fourth-order valence-electron chi connectivity index (χ4n) is 2.03. The Hall–Kier alpha value is -2.06. The standard InChI is InChI=1S/C17H16Br2N2O4/c1-9-3-4-13(10(2)5-9)25-8-14(22)21-20-7-11-6-12(18)17(24)15(19)16(11)23/h3-7,23-24H,8H2,1-2H3,(H,21,22)/b20-7-. The predicted octanol–water partition coefficient (Wildman–Crippen LogP) is 3.77. The largest absolute Gasteiger partial charge is 0.506 e. The van der Waals surface area contributed by atoms with Crippen LogP contribution in [0.15, 0.2) is 38.3 Å². The number of aromatic hydroxyl groups is 2. The van der Waals surface area contributed by atoms with Crippen molar-refractivity contribution in [2.45, 2.75) is 13.8 Å². The van der Waals surface area contributed by atoms with Gasteiger partial charge in [0, 0.05) is 5.56 Å². The van der Waals surface area contributed by atoms with Crippen LogP contribution in [0.25, 0.3) is 0 Å². The molecule has 0 aliphatic rings. The Morgan fingerprint density at radius 2 is 1.96 bits per heavy atom. The summed E-state index contributed by atoms with van der Waals surface area (Å²) in [6.45, 7) is 3.70. The quantitative estimate of drug-likeness (QED) is 0.457. The van der Waals surface area contributed by atoms with Gasteiger partial charge in [-0.05, 0) is 63.4 Å². The number of benzene rings is 2. The van der Waals surface area contributed by atoms with E-state index in [-0.39, 0.29) is 22.6 Å². The summed E-state index contributed by atoms with van der Waals surface area (Å²) in [5.74, 6) is -0.118. The van der Waals surface area contributed by atoms with E-state index in [1.807, 2.05) is 32.0 Å². The van der Waals surface area contributed by atoms with Crippen LogP contribution in [0, 0.1) is 13.8 Å². The minimum absolute atomic E-state index is 0.124. The van der Waals surface area contributed by atoms with Crippen LogP contribution in [0.1, 0.15) is 16.7 Å². The number of phenols is 2. The third kappa shape index (κ3) is 4.96. The topological polar surface area (TPSA) is 91.2 Å². The highest BCUT2D eigenvalue weighted by molar-refractivity contribution is 9.11. The fourth-order valence-corrected chi connectivity index (χ4v) is 3.18. The first-order valence-corrected chi connectivity index (χ1v) is 8.80.